The zero-order valence-corrected chi connectivity index (χ0v) is 11.1. The average Bonchev–Trinajstić information content (AvgIpc) is 2.15. The van der Waals surface area contributed by atoms with E-state index in [1.165, 1.54) is 6.42 Å². The molecule has 0 radical (unpaired) electrons. The summed E-state index contributed by atoms with van der Waals surface area (Å²) in [6, 6.07) is 0. The van der Waals surface area contributed by atoms with Crippen LogP contribution in [0, 0.1) is 5.92 Å². The molecule has 1 saturated carbocycles. The summed E-state index contributed by atoms with van der Waals surface area (Å²) in [5, 5.41) is 0.736. The molecular weight excluding hydrogens is 264 g/mol. The highest BCUT2D eigenvalue weighted by Gasteiger charge is 2.29. The SMILES string of the molecule is CC1CCCC(S(=O)(=O)CCCBr)C1. The van der Waals surface area contributed by atoms with Crippen LogP contribution in [0.3, 0.4) is 0 Å². The van der Waals surface area contributed by atoms with Gasteiger partial charge in [0, 0.05) is 5.33 Å². The van der Waals surface area contributed by atoms with E-state index in [1.807, 2.05) is 0 Å². The van der Waals surface area contributed by atoms with Crippen LogP contribution in [-0.2, 0) is 9.84 Å². The van der Waals surface area contributed by atoms with E-state index in [0.717, 1.165) is 31.0 Å². The van der Waals surface area contributed by atoms with Crippen molar-refractivity contribution in [2.45, 2.75) is 44.3 Å². The van der Waals surface area contributed by atoms with Crippen molar-refractivity contribution in [2.75, 3.05) is 11.1 Å². The molecule has 0 N–H and O–H groups in total. The lowest BCUT2D eigenvalue weighted by Crippen LogP contribution is -2.29. The number of alkyl halides is 1. The second kappa shape index (κ2) is 5.50. The van der Waals surface area contributed by atoms with Crippen LogP contribution >= 0.6 is 15.9 Å². The summed E-state index contributed by atoms with van der Waals surface area (Å²) < 4.78 is 23.7. The van der Waals surface area contributed by atoms with Gasteiger partial charge in [0.25, 0.3) is 0 Å². The lowest BCUT2D eigenvalue weighted by molar-refractivity contribution is 0.382. The molecule has 4 heteroatoms. The topological polar surface area (TPSA) is 34.1 Å². The second-order valence-corrected chi connectivity index (χ2v) is 7.50. The van der Waals surface area contributed by atoms with Crippen molar-refractivity contribution in [2.24, 2.45) is 5.92 Å². The summed E-state index contributed by atoms with van der Waals surface area (Å²) in [6.07, 6.45) is 4.79. The van der Waals surface area contributed by atoms with Gasteiger partial charge in [0.1, 0.15) is 0 Å². The van der Waals surface area contributed by atoms with Crippen LogP contribution in [0.5, 0.6) is 0 Å². The predicted octanol–water partition coefficient (Wildman–Crippen LogP) is 2.76. The number of sulfone groups is 1. The lowest BCUT2D eigenvalue weighted by atomic mass is 9.91. The molecule has 2 atom stereocenters. The Bertz CT molecular complexity index is 261. The van der Waals surface area contributed by atoms with Crippen molar-refractivity contribution in [3.05, 3.63) is 0 Å². The molecule has 0 aromatic rings. The molecule has 0 bridgehead atoms. The van der Waals surface area contributed by atoms with E-state index in [2.05, 4.69) is 22.9 Å². The molecule has 0 aromatic carbocycles. The summed E-state index contributed by atoms with van der Waals surface area (Å²) >= 11 is 3.27. The van der Waals surface area contributed by atoms with Gasteiger partial charge in [-0.15, -0.1) is 0 Å². The highest BCUT2D eigenvalue weighted by Crippen LogP contribution is 2.28. The zero-order valence-electron chi connectivity index (χ0n) is 8.71. The van der Waals surface area contributed by atoms with Gasteiger partial charge in [0.05, 0.1) is 11.0 Å². The fourth-order valence-electron chi connectivity index (χ4n) is 2.13. The molecule has 0 aromatic heterocycles. The van der Waals surface area contributed by atoms with Crippen molar-refractivity contribution in [1.29, 1.82) is 0 Å². The molecule has 2 nitrogen and oxygen atoms in total. The first kappa shape index (κ1) is 12.5. The third kappa shape index (κ3) is 3.54. The fraction of sp³-hybridized carbons (Fsp3) is 1.00. The molecule has 0 heterocycles. The van der Waals surface area contributed by atoms with Gasteiger partial charge < -0.3 is 0 Å². The first-order valence-corrected chi connectivity index (χ1v) is 8.17. The summed E-state index contributed by atoms with van der Waals surface area (Å²) in [5.74, 6) is 0.947. The van der Waals surface area contributed by atoms with E-state index >= 15 is 0 Å². The molecule has 2 unspecified atom stereocenters. The van der Waals surface area contributed by atoms with Gasteiger partial charge in [-0.2, -0.15) is 0 Å². The van der Waals surface area contributed by atoms with Gasteiger partial charge >= 0.3 is 0 Å². The number of halogens is 1. The molecule has 14 heavy (non-hydrogen) atoms. The van der Waals surface area contributed by atoms with Gasteiger partial charge in [0.15, 0.2) is 9.84 Å². The highest BCUT2D eigenvalue weighted by molar-refractivity contribution is 9.09. The van der Waals surface area contributed by atoms with E-state index < -0.39 is 9.84 Å². The molecule has 1 fully saturated rings. The highest BCUT2D eigenvalue weighted by atomic mass is 79.9. The third-order valence-corrected chi connectivity index (χ3v) is 5.82. The summed E-state index contributed by atoms with van der Waals surface area (Å²) in [4.78, 5) is 0. The minimum atomic E-state index is -2.81. The summed E-state index contributed by atoms with van der Waals surface area (Å²) in [6.45, 7) is 2.16. The minimum Gasteiger partial charge on any atom is -0.229 e. The third-order valence-electron chi connectivity index (χ3n) is 2.96. The number of rotatable bonds is 4. The van der Waals surface area contributed by atoms with Crippen molar-refractivity contribution in [1.82, 2.24) is 0 Å². The summed E-state index contributed by atoms with van der Waals surface area (Å²) in [7, 11) is -2.81. The summed E-state index contributed by atoms with van der Waals surface area (Å²) in [5.41, 5.74) is 0. The lowest BCUT2D eigenvalue weighted by Gasteiger charge is -2.26. The maximum absolute atomic E-state index is 11.9. The molecule has 1 aliphatic carbocycles. The standard InChI is InChI=1S/C10H19BrO2S/c1-9-4-2-5-10(8-9)14(12,13)7-3-6-11/h9-10H,2-8H2,1H3. The van der Waals surface area contributed by atoms with Crippen molar-refractivity contribution >= 4 is 25.8 Å². The monoisotopic (exact) mass is 282 g/mol. The number of hydrogen-bond donors (Lipinski definition) is 0. The number of hydrogen-bond acceptors (Lipinski definition) is 2. The quantitative estimate of drug-likeness (QED) is 0.743. The Labute approximate surface area is 95.5 Å². The van der Waals surface area contributed by atoms with E-state index in [1.54, 1.807) is 0 Å². The van der Waals surface area contributed by atoms with Gasteiger partial charge in [-0.05, 0) is 25.2 Å². The maximum Gasteiger partial charge on any atom is 0.153 e. The molecule has 0 amide bonds. The van der Waals surface area contributed by atoms with Crippen molar-refractivity contribution < 1.29 is 8.42 Å². The average molecular weight is 283 g/mol. The predicted molar refractivity (Wildman–Crippen MR) is 63.6 cm³/mol. The Balaban J connectivity index is 2.53. The van der Waals surface area contributed by atoms with Crippen LogP contribution in [0.25, 0.3) is 0 Å². The fourth-order valence-corrected chi connectivity index (χ4v) is 4.81. The molecule has 0 spiro atoms. The van der Waals surface area contributed by atoms with Crippen LogP contribution < -0.4 is 0 Å². The Morgan fingerprint density at radius 1 is 1.36 bits per heavy atom. The van der Waals surface area contributed by atoms with Crippen LogP contribution in [-0.4, -0.2) is 24.8 Å². The Kier molecular flexibility index (Phi) is 4.91. The van der Waals surface area contributed by atoms with Crippen LogP contribution in [0.2, 0.25) is 0 Å². The Morgan fingerprint density at radius 2 is 2.07 bits per heavy atom. The molecule has 1 rings (SSSR count). The second-order valence-electron chi connectivity index (χ2n) is 4.30. The van der Waals surface area contributed by atoms with Crippen LogP contribution in [0.4, 0.5) is 0 Å². The smallest absolute Gasteiger partial charge is 0.153 e. The van der Waals surface area contributed by atoms with Gasteiger partial charge in [-0.25, -0.2) is 8.42 Å². The first-order chi connectivity index (χ1) is 6.56. The molecule has 0 aliphatic heterocycles. The van der Waals surface area contributed by atoms with E-state index in [4.69, 9.17) is 0 Å². The van der Waals surface area contributed by atoms with E-state index in [0.29, 0.717) is 11.7 Å². The van der Waals surface area contributed by atoms with Crippen LogP contribution in [0.1, 0.15) is 39.0 Å². The zero-order chi connectivity index (χ0) is 10.6. The van der Waals surface area contributed by atoms with E-state index in [9.17, 15) is 8.42 Å². The van der Waals surface area contributed by atoms with Gasteiger partial charge in [-0.1, -0.05) is 35.7 Å². The van der Waals surface area contributed by atoms with Gasteiger partial charge in [-0.3, -0.25) is 0 Å². The van der Waals surface area contributed by atoms with E-state index in [-0.39, 0.29) is 5.25 Å². The Morgan fingerprint density at radius 3 is 2.64 bits per heavy atom. The van der Waals surface area contributed by atoms with Crippen LogP contribution in [0.15, 0.2) is 0 Å². The minimum absolute atomic E-state index is 0.0506. The Hall–Kier alpha value is 0.430. The van der Waals surface area contributed by atoms with Gasteiger partial charge in [0.2, 0.25) is 0 Å². The largest absolute Gasteiger partial charge is 0.229 e. The van der Waals surface area contributed by atoms with Crippen molar-refractivity contribution in [3.63, 3.8) is 0 Å². The first-order valence-electron chi connectivity index (χ1n) is 5.34. The molecule has 0 saturated heterocycles. The molecular formula is C10H19BrO2S. The molecule has 1 aliphatic rings. The maximum atomic E-state index is 11.9. The molecule has 84 valence electrons. The van der Waals surface area contributed by atoms with Crippen molar-refractivity contribution in [3.8, 4) is 0 Å². The normalized spacial score (nSPS) is 29.0.